The van der Waals surface area contributed by atoms with Gasteiger partial charge in [-0.3, -0.25) is 9.59 Å². The maximum Gasteiger partial charge on any atom is 0.254 e. The van der Waals surface area contributed by atoms with Crippen molar-refractivity contribution in [2.45, 2.75) is 39.3 Å². The molecule has 148 valence electrons. The molecule has 5 nitrogen and oxygen atoms in total. The first-order valence-corrected chi connectivity index (χ1v) is 9.45. The summed E-state index contributed by atoms with van der Waals surface area (Å²) in [6, 6.07) is 10.9. The number of nitrogens with zero attached hydrogens (tertiary/aromatic N) is 1. The highest BCUT2D eigenvalue weighted by Gasteiger charge is 2.33. The van der Waals surface area contributed by atoms with E-state index in [0.29, 0.717) is 37.3 Å². The number of carbonyl (C=O) groups is 2. The highest BCUT2D eigenvalue weighted by molar-refractivity contribution is 5.99. The summed E-state index contributed by atoms with van der Waals surface area (Å²) in [5, 5.41) is 0. The summed E-state index contributed by atoms with van der Waals surface area (Å²) in [5.74, 6) is -0.0141. The van der Waals surface area contributed by atoms with Crippen LogP contribution in [0.5, 0.6) is 5.75 Å². The van der Waals surface area contributed by atoms with Crippen LogP contribution in [0, 0.1) is 11.7 Å². The van der Waals surface area contributed by atoms with E-state index in [0.717, 1.165) is 11.1 Å². The minimum Gasteiger partial charge on any atom is -0.489 e. The number of rotatable bonds is 7. The fourth-order valence-electron chi connectivity index (χ4n) is 3.46. The van der Waals surface area contributed by atoms with Crippen molar-refractivity contribution in [3.05, 3.63) is 65.0 Å². The van der Waals surface area contributed by atoms with Crippen molar-refractivity contribution < 1.29 is 18.7 Å². The summed E-state index contributed by atoms with van der Waals surface area (Å²) in [7, 11) is 0. The topological polar surface area (TPSA) is 72.6 Å². The Labute approximate surface area is 164 Å². The highest BCUT2D eigenvalue weighted by Crippen LogP contribution is 2.27. The third kappa shape index (κ3) is 4.50. The van der Waals surface area contributed by atoms with Crippen LogP contribution in [-0.4, -0.2) is 29.3 Å². The molecule has 0 bridgehead atoms. The maximum atomic E-state index is 13.0. The molecule has 1 atom stereocenters. The molecule has 2 aromatic rings. The van der Waals surface area contributed by atoms with Gasteiger partial charge in [0, 0.05) is 12.1 Å². The second-order valence-electron chi connectivity index (χ2n) is 7.53. The van der Waals surface area contributed by atoms with Gasteiger partial charge >= 0.3 is 0 Å². The zero-order valence-corrected chi connectivity index (χ0v) is 16.2. The van der Waals surface area contributed by atoms with E-state index in [4.69, 9.17) is 10.5 Å². The van der Waals surface area contributed by atoms with E-state index < -0.39 is 11.9 Å². The first-order valence-electron chi connectivity index (χ1n) is 9.45. The van der Waals surface area contributed by atoms with Crippen molar-refractivity contribution >= 4 is 11.8 Å². The lowest BCUT2D eigenvalue weighted by atomic mass is 9.94. The Kier molecular flexibility index (Phi) is 5.97. The Balaban J connectivity index is 1.72. The number of benzene rings is 2. The van der Waals surface area contributed by atoms with Crippen molar-refractivity contribution in [3.8, 4) is 5.75 Å². The molecule has 1 aliphatic heterocycles. The van der Waals surface area contributed by atoms with Gasteiger partial charge in [-0.25, -0.2) is 4.39 Å². The van der Waals surface area contributed by atoms with Gasteiger partial charge in [-0.1, -0.05) is 26.0 Å². The van der Waals surface area contributed by atoms with Gasteiger partial charge in [0.15, 0.2) is 0 Å². The largest absolute Gasteiger partial charge is 0.489 e. The Hall–Kier alpha value is -2.89. The minimum absolute atomic E-state index is 0.171. The monoisotopic (exact) mass is 384 g/mol. The predicted molar refractivity (Wildman–Crippen MR) is 104 cm³/mol. The smallest absolute Gasteiger partial charge is 0.254 e. The molecule has 2 amide bonds. The fourth-order valence-corrected chi connectivity index (χ4v) is 3.46. The number of halogens is 1. The molecular weight excluding hydrogens is 359 g/mol. The van der Waals surface area contributed by atoms with Crippen LogP contribution in [0.2, 0.25) is 0 Å². The van der Waals surface area contributed by atoms with Crippen molar-refractivity contribution in [1.29, 1.82) is 0 Å². The van der Waals surface area contributed by atoms with Crippen molar-refractivity contribution in [1.82, 2.24) is 4.90 Å². The Morgan fingerprint density at radius 1 is 1.21 bits per heavy atom. The molecule has 2 N–H and O–H groups in total. The van der Waals surface area contributed by atoms with Gasteiger partial charge in [0.05, 0.1) is 0 Å². The van der Waals surface area contributed by atoms with Gasteiger partial charge in [-0.2, -0.15) is 0 Å². The Bertz CT molecular complexity index is 865. The zero-order valence-electron chi connectivity index (χ0n) is 16.2. The maximum absolute atomic E-state index is 13.0. The second-order valence-corrected chi connectivity index (χ2v) is 7.53. The van der Waals surface area contributed by atoms with E-state index in [-0.39, 0.29) is 17.6 Å². The Morgan fingerprint density at radius 2 is 1.93 bits per heavy atom. The number of carbonyl (C=O) groups excluding carboxylic acids is 2. The normalized spacial score (nSPS) is 14.7. The van der Waals surface area contributed by atoms with E-state index in [1.165, 1.54) is 12.1 Å². The number of hydrogen-bond donors (Lipinski definition) is 1. The minimum atomic E-state index is -0.588. The van der Waals surface area contributed by atoms with Crippen molar-refractivity contribution in [2.24, 2.45) is 11.7 Å². The van der Waals surface area contributed by atoms with Crippen LogP contribution in [-0.2, 0) is 17.8 Å². The Morgan fingerprint density at radius 3 is 2.57 bits per heavy atom. The van der Waals surface area contributed by atoms with Crippen LogP contribution in [0.1, 0.15) is 41.8 Å². The van der Waals surface area contributed by atoms with E-state index in [1.54, 1.807) is 29.2 Å². The summed E-state index contributed by atoms with van der Waals surface area (Å²) >= 11 is 0. The third-order valence-electron chi connectivity index (χ3n) is 4.91. The number of ether oxygens (including phenoxy) is 1. The van der Waals surface area contributed by atoms with Crippen LogP contribution in [0.25, 0.3) is 0 Å². The molecule has 0 spiro atoms. The molecule has 0 saturated carbocycles. The van der Waals surface area contributed by atoms with Crippen LogP contribution in [0.3, 0.4) is 0 Å². The second kappa shape index (κ2) is 8.42. The van der Waals surface area contributed by atoms with Gasteiger partial charge < -0.3 is 15.4 Å². The molecule has 1 heterocycles. The van der Waals surface area contributed by atoms with E-state index in [1.807, 2.05) is 19.9 Å². The molecule has 1 unspecified atom stereocenters. The summed E-state index contributed by atoms with van der Waals surface area (Å²) < 4.78 is 18.8. The number of nitrogens with two attached hydrogens (primary N) is 1. The third-order valence-corrected chi connectivity index (χ3v) is 4.91. The molecule has 0 saturated heterocycles. The van der Waals surface area contributed by atoms with Crippen molar-refractivity contribution in [3.63, 3.8) is 0 Å². The molecule has 28 heavy (non-hydrogen) atoms. The lowest BCUT2D eigenvalue weighted by Crippen LogP contribution is -2.51. The van der Waals surface area contributed by atoms with E-state index >= 15 is 0 Å². The zero-order chi connectivity index (χ0) is 20.3. The first-order chi connectivity index (χ1) is 13.3. The predicted octanol–water partition coefficient (Wildman–Crippen LogP) is 3.30. The quantitative estimate of drug-likeness (QED) is 0.796. The lowest BCUT2D eigenvalue weighted by molar-refractivity contribution is -0.123. The van der Waals surface area contributed by atoms with E-state index in [2.05, 4.69) is 0 Å². The van der Waals surface area contributed by atoms with Crippen LogP contribution in [0.15, 0.2) is 42.5 Å². The molecule has 0 fully saturated rings. The number of hydrogen-bond acceptors (Lipinski definition) is 3. The molecule has 6 heteroatoms. The van der Waals surface area contributed by atoms with Crippen LogP contribution in [0.4, 0.5) is 4.39 Å². The summed E-state index contributed by atoms with van der Waals surface area (Å²) in [4.78, 5) is 26.4. The average Bonchev–Trinajstić information content (AvgIpc) is 2.66. The van der Waals surface area contributed by atoms with Gasteiger partial charge in [0.25, 0.3) is 5.91 Å². The number of primary amides is 1. The molecule has 1 aliphatic rings. The standard InChI is InChI=1S/C22H25FN2O3/c1-14(2)11-20(21(24)26)25-10-9-16-12-18(7-8-19(16)22(25)27)28-13-15-3-5-17(23)6-4-15/h3-8,12,14,20H,9-11,13H2,1-2H3,(H2,24,26). The fraction of sp³-hybridized carbons (Fsp3) is 0.364. The molecule has 0 aromatic heterocycles. The van der Waals surface area contributed by atoms with Crippen LogP contribution >= 0.6 is 0 Å². The summed E-state index contributed by atoms with van der Waals surface area (Å²) in [6.45, 7) is 4.77. The van der Waals surface area contributed by atoms with E-state index in [9.17, 15) is 14.0 Å². The van der Waals surface area contributed by atoms with Gasteiger partial charge in [-0.15, -0.1) is 0 Å². The molecular formula is C22H25FN2O3. The van der Waals surface area contributed by atoms with Crippen LogP contribution < -0.4 is 10.5 Å². The highest BCUT2D eigenvalue weighted by atomic mass is 19.1. The molecule has 3 rings (SSSR count). The van der Waals surface area contributed by atoms with Gasteiger partial charge in [0.1, 0.15) is 24.2 Å². The number of fused-ring (bicyclic) bond motifs is 1. The first kappa shape index (κ1) is 19.9. The van der Waals surface area contributed by atoms with Crippen molar-refractivity contribution in [2.75, 3.05) is 6.54 Å². The van der Waals surface area contributed by atoms with Gasteiger partial charge in [0.2, 0.25) is 5.91 Å². The summed E-state index contributed by atoms with van der Waals surface area (Å²) in [5.41, 5.74) is 7.88. The van der Waals surface area contributed by atoms with Gasteiger partial charge in [-0.05, 0) is 60.2 Å². The number of amides is 2. The SMILES string of the molecule is CC(C)CC(C(N)=O)N1CCc2cc(OCc3ccc(F)cc3)ccc2C1=O. The average molecular weight is 384 g/mol. The molecule has 2 aromatic carbocycles. The summed E-state index contributed by atoms with van der Waals surface area (Å²) in [6.07, 6.45) is 1.19. The molecule has 0 aliphatic carbocycles. The molecule has 0 radical (unpaired) electrons. The lowest BCUT2D eigenvalue weighted by Gasteiger charge is -2.34.